The molecule has 1 rings (SSSR count). The van der Waals surface area contributed by atoms with Gasteiger partial charge in [0.1, 0.15) is 11.2 Å². The summed E-state index contributed by atoms with van der Waals surface area (Å²) in [6, 6.07) is 7.95. The maximum Gasteiger partial charge on any atom is 0.119 e. The molecule has 3 nitrogen and oxygen atoms in total. The fraction of sp³-hybridized carbons (Fsp3) is 0.600. The van der Waals surface area contributed by atoms with Crippen molar-refractivity contribution in [1.82, 2.24) is 4.90 Å². The molecule has 1 aromatic carbocycles. The summed E-state index contributed by atoms with van der Waals surface area (Å²) in [4.78, 5) is 3.16. The monoisotopic (exact) mass is 283 g/mol. The molecule has 4 heteroatoms. The molecular weight excluding hydrogens is 258 g/mol. The van der Waals surface area contributed by atoms with E-state index >= 15 is 0 Å². The Morgan fingerprint density at radius 2 is 1.95 bits per heavy atom. The number of aliphatic hydroxyl groups excluding tert-OH is 1. The van der Waals surface area contributed by atoms with Crippen LogP contribution in [0.2, 0.25) is 0 Å². The Hall–Kier alpha value is -0.710. The van der Waals surface area contributed by atoms with Gasteiger partial charge in [-0.15, -0.1) is 0 Å². The predicted molar refractivity (Wildman–Crippen MR) is 81.9 cm³/mol. The molecule has 19 heavy (non-hydrogen) atoms. The highest BCUT2D eigenvalue weighted by Crippen LogP contribution is 2.25. The van der Waals surface area contributed by atoms with Crippen LogP contribution in [0.1, 0.15) is 26.2 Å². The van der Waals surface area contributed by atoms with Crippen molar-refractivity contribution in [3.63, 3.8) is 0 Å². The topological polar surface area (TPSA) is 32.7 Å². The summed E-state index contributed by atoms with van der Waals surface area (Å²) in [5.41, 5.74) is -0.353. The van der Waals surface area contributed by atoms with Crippen molar-refractivity contribution >= 4 is 11.8 Å². The van der Waals surface area contributed by atoms with Crippen molar-refractivity contribution in [2.75, 3.05) is 27.2 Å². The number of rotatable bonds is 9. The Balaban J connectivity index is 2.34. The molecule has 0 spiro atoms. The summed E-state index contributed by atoms with van der Waals surface area (Å²) in [5.74, 6) is 0.903. The predicted octanol–water partition coefficient (Wildman–Crippen LogP) is 3.23. The molecule has 1 unspecified atom stereocenters. The molecule has 0 saturated carbocycles. The molecule has 1 N–H and O–H groups in total. The molecule has 0 bridgehead atoms. The van der Waals surface area contributed by atoms with Gasteiger partial charge in [-0.1, -0.05) is 25.1 Å². The van der Waals surface area contributed by atoms with Crippen LogP contribution < -0.4 is 4.74 Å². The zero-order valence-electron chi connectivity index (χ0n) is 12.1. The van der Waals surface area contributed by atoms with Gasteiger partial charge in [-0.05, 0) is 51.2 Å². The maximum atomic E-state index is 9.90. The minimum Gasteiger partial charge on any atom is -0.494 e. The Bertz CT molecular complexity index is 341. The molecule has 0 aliphatic rings. The van der Waals surface area contributed by atoms with Gasteiger partial charge in [0.05, 0.1) is 6.61 Å². The minimum absolute atomic E-state index is 0.353. The number of thioether (sulfide) groups is 1. The van der Waals surface area contributed by atoms with Gasteiger partial charge in [0.2, 0.25) is 0 Å². The van der Waals surface area contributed by atoms with E-state index < -0.39 is 0 Å². The quantitative estimate of drug-likeness (QED) is 0.428. The van der Waals surface area contributed by atoms with E-state index in [1.54, 1.807) is 0 Å². The van der Waals surface area contributed by atoms with Crippen molar-refractivity contribution in [3.8, 4) is 5.75 Å². The van der Waals surface area contributed by atoms with Crippen LogP contribution in [0.15, 0.2) is 29.2 Å². The molecule has 0 saturated heterocycles. The number of benzene rings is 1. The average molecular weight is 283 g/mol. The standard InChI is InChI=1S/C15H25NO2S/c1-4-5-12-18-13-6-8-14(9-7-13)19-15(17)10-11-16(2)3/h6-9,15,17H,4-5,10-12H2,1-3H3. The van der Waals surface area contributed by atoms with E-state index in [1.165, 1.54) is 11.8 Å². The summed E-state index contributed by atoms with van der Waals surface area (Å²) < 4.78 is 5.61. The summed E-state index contributed by atoms with van der Waals surface area (Å²) in [6.07, 6.45) is 3.00. The second-order valence-corrected chi connectivity index (χ2v) is 6.09. The Labute approximate surface area is 121 Å². The van der Waals surface area contributed by atoms with E-state index in [1.807, 2.05) is 38.4 Å². The van der Waals surface area contributed by atoms with E-state index in [9.17, 15) is 5.11 Å². The Morgan fingerprint density at radius 3 is 2.53 bits per heavy atom. The molecule has 0 aliphatic carbocycles. The van der Waals surface area contributed by atoms with E-state index in [0.29, 0.717) is 0 Å². The van der Waals surface area contributed by atoms with Crippen LogP contribution in [0.25, 0.3) is 0 Å². The lowest BCUT2D eigenvalue weighted by molar-refractivity contribution is 0.232. The molecule has 0 amide bonds. The first kappa shape index (κ1) is 16.3. The van der Waals surface area contributed by atoms with Crippen LogP contribution in [0, 0.1) is 0 Å². The van der Waals surface area contributed by atoms with Gasteiger partial charge < -0.3 is 14.7 Å². The first-order chi connectivity index (χ1) is 9.11. The zero-order valence-corrected chi connectivity index (χ0v) is 12.9. The molecular formula is C15H25NO2S. The lowest BCUT2D eigenvalue weighted by Crippen LogP contribution is -2.17. The number of aliphatic hydroxyl groups is 1. The average Bonchev–Trinajstić information content (AvgIpc) is 2.39. The third-order valence-electron chi connectivity index (χ3n) is 2.69. The molecule has 0 aliphatic heterocycles. The number of hydrogen-bond donors (Lipinski definition) is 1. The van der Waals surface area contributed by atoms with Gasteiger partial charge in [-0.25, -0.2) is 0 Å². The fourth-order valence-corrected chi connectivity index (χ4v) is 2.36. The molecule has 0 fully saturated rings. The van der Waals surface area contributed by atoms with Crippen LogP contribution >= 0.6 is 11.8 Å². The Morgan fingerprint density at radius 1 is 1.26 bits per heavy atom. The lowest BCUT2D eigenvalue weighted by Gasteiger charge is -2.14. The van der Waals surface area contributed by atoms with E-state index in [0.717, 1.165) is 43.1 Å². The van der Waals surface area contributed by atoms with Crippen LogP contribution in [-0.4, -0.2) is 42.7 Å². The highest BCUT2D eigenvalue weighted by atomic mass is 32.2. The van der Waals surface area contributed by atoms with Crippen LogP contribution in [0.5, 0.6) is 5.75 Å². The van der Waals surface area contributed by atoms with E-state index in [4.69, 9.17) is 4.74 Å². The van der Waals surface area contributed by atoms with E-state index in [-0.39, 0.29) is 5.44 Å². The fourth-order valence-electron chi connectivity index (χ4n) is 1.53. The van der Waals surface area contributed by atoms with Crippen LogP contribution in [0.3, 0.4) is 0 Å². The lowest BCUT2D eigenvalue weighted by atomic mass is 10.3. The first-order valence-electron chi connectivity index (χ1n) is 6.84. The summed E-state index contributed by atoms with van der Waals surface area (Å²) in [5, 5.41) is 9.90. The summed E-state index contributed by atoms with van der Waals surface area (Å²) in [6.45, 7) is 3.82. The maximum absolute atomic E-state index is 9.90. The highest BCUT2D eigenvalue weighted by molar-refractivity contribution is 7.99. The number of nitrogens with zero attached hydrogens (tertiary/aromatic N) is 1. The highest BCUT2D eigenvalue weighted by Gasteiger charge is 2.07. The number of unbranched alkanes of at least 4 members (excludes halogenated alkanes) is 1. The minimum atomic E-state index is -0.353. The summed E-state index contributed by atoms with van der Waals surface area (Å²) >= 11 is 1.50. The zero-order chi connectivity index (χ0) is 14.1. The molecule has 1 aromatic rings. The van der Waals surface area contributed by atoms with Crippen molar-refractivity contribution in [3.05, 3.63) is 24.3 Å². The molecule has 0 heterocycles. The van der Waals surface area contributed by atoms with Gasteiger partial charge in [0, 0.05) is 11.4 Å². The van der Waals surface area contributed by atoms with Gasteiger partial charge in [-0.2, -0.15) is 0 Å². The van der Waals surface area contributed by atoms with Crippen LogP contribution in [0.4, 0.5) is 0 Å². The smallest absolute Gasteiger partial charge is 0.119 e. The third kappa shape index (κ3) is 7.45. The normalized spacial score (nSPS) is 12.7. The molecule has 0 aromatic heterocycles. The van der Waals surface area contributed by atoms with Crippen molar-refractivity contribution < 1.29 is 9.84 Å². The largest absolute Gasteiger partial charge is 0.494 e. The van der Waals surface area contributed by atoms with Crippen molar-refractivity contribution in [2.24, 2.45) is 0 Å². The van der Waals surface area contributed by atoms with Crippen LogP contribution in [-0.2, 0) is 0 Å². The first-order valence-corrected chi connectivity index (χ1v) is 7.72. The Kier molecular flexibility index (Phi) is 7.94. The van der Waals surface area contributed by atoms with E-state index in [2.05, 4.69) is 11.8 Å². The third-order valence-corrected chi connectivity index (χ3v) is 3.74. The van der Waals surface area contributed by atoms with Crippen molar-refractivity contribution in [1.29, 1.82) is 0 Å². The second kappa shape index (κ2) is 9.23. The summed E-state index contributed by atoms with van der Waals surface area (Å²) in [7, 11) is 4.03. The van der Waals surface area contributed by atoms with Crippen molar-refractivity contribution in [2.45, 2.75) is 36.5 Å². The molecule has 0 radical (unpaired) electrons. The van der Waals surface area contributed by atoms with Gasteiger partial charge in [0.15, 0.2) is 0 Å². The van der Waals surface area contributed by atoms with Gasteiger partial charge >= 0.3 is 0 Å². The second-order valence-electron chi connectivity index (χ2n) is 4.84. The number of hydrogen-bond acceptors (Lipinski definition) is 4. The SMILES string of the molecule is CCCCOc1ccc(SC(O)CCN(C)C)cc1. The number of ether oxygens (including phenoxy) is 1. The molecule has 1 atom stereocenters. The van der Waals surface area contributed by atoms with Gasteiger partial charge in [-0.3, -0.25) is 0 Å². The van der Waals surface area contributed by atoms with Gasteiger partial charge in [0.25, 0.3) is 0 Å². The molecule has 108 valence electrons.